The Morgan fingerprint density at radius 1 is 1.15 bits per heavy atom. The first-order valence-electron chi connectivity index (χ1n) is 6.25. The van der Waals surface area contributed by atoms with E-state index in [0.717, 1.165) is 5.52 Å². The molecule has 3 rings (SSSR count). The number of nitrogens with zero attached hydrogens (tertiary/aromatic N) is 3. The van der Waals surface area contributed by atoms with Gasteiger partial charge in [-0.1, -0.05) is 6.07 Å². The quantitative estimate of drug-likeness (QED) is 0.568. The van der Waals surface area contributed by atoms with Crippen molar-refractivity contribution in [3.63, 3.8) is 0 Å². The molecule has 0 aliphatic rings. The zero-order valence-electron chi connectivity index (χ0n) is 10.7. The minimum Gasteiger partial charge on any atom is -0.455 e. The third-order valence-electron chi connectivity index (χ3n) is 2.91. The van der Waals surface area contributed by atoms with Gasteiger partial charge in [0.25, 0.3) is 0 Å². The number of H-pyrrole nitrogens is 1. The molecule has 0 unspecified atom stereocenters. The molecule has 6 heteroatoms. The van der Waals surface area contributed by atoms with E-state index in [1.165, 1.54) is 0 Å². The van der Waals surface area contributed by atoms with Crippen molar-refractivity contribution in [2.24, 2.45) is 0 Å². The maximum Gasteiger partial charge on any atom is 0.338 e. The van der Waals surface area contributed by atoms with E-state index in [2.05, 4.69) is 15.4 Å². The zero-order valence-corrected chi connectivity index (χ0v) is 10.7. The standard InChI is InChI=1S/C14H12N4O2/c19-14(20-9-8-18-6-2-1-3-7-18)11-4-5-12-13(10-11)16-17-15-12/h1-7,10H,8-9H2/p+1. The first-order valence-corrected chi connectivity index (χ1v) is 6.25. The number of hydrogen-bond donors (Lipinski definition) is 1. The summed E-state index contributed by atoms with van der Waals surface area (Å²) in [5.74, 6) is -0.355. The molecule has 0 saturated carbocycles. The van der Waals surface area contributed by atoms with Crippen LogP contribution in [-0.4, -0.2) is 28.0 Å². The Hall–Kier alpha value is -2.76. The molecule has 6 nitrogen and oxygen atoms in total. The van der Waals surface area contributed by atoms with E-state index in [0.29, 0.717) is 24.2 Å². The molecule has 20 heavy (non-hydrogen) atoms. The average molecular weight is 269 g/mol. The Morgan fingerprint density at radius 2 is 1.95 bits per heavy atom. The summed E-state index contributed by atoms with van der Waals surface area (Å²) < 4.78 is 7.19. The van der Waals surface area contributed by atoms with Crippen LogP contribution in [0.2, 0.25) is 0 Å². The molecule has 1 aromatic carbocycles. The van der Waals surface area contributed by atoms with E-state index in [4.69, 9.17) is 4.74 Å². The Bertz CT molecular complexity index is 724. The van der Waals surface area contributed by atoms with Crippen molar-refractivity contribution in [2.45, 2.75) is 6.54 Å². The molecule has 0 fully saturated rings. The number of ether oxygens (including phenoxy) is 1. The molecule has 0 aliphatic carbocycles. The Labute approximate surface area is 115 Å². The van der Waals surface area contributed by atoms with Crippen LogP contribution in [0.1, 0.15) is 10.4 Å². The lowest BCUT2D eigenvalue weighted by atomic mass is 10.2. The number of fused-ring (bicyclic) bond motifs is 1. The van der Waals surface area contributed by atoms with Crippen LogP contribution in [0.5, 0.6) is 0 Å². The summed E-state index contributed by atoms with van der Waals surface area (Å²) in [6.07, 6.45) is 3.85. The lowest BCUT2D eigenvalue weighted by Gasteiger charge is -2.02. The molecule has 0 bridgehead atoms. The van der Waals surface area contributed by atoms with E-state index < -0.39 is 0 Å². The highest BCUT2D eigenvalue weighted by Crippen LogP contribution is 2.11. The number of pyridine rings is 1. The van der Waals surface area contributed by atoms with Gasteiger partial charge < -0.3 is 4.74 Å². The lowest BCUT2D eigenvalue weighted by Crippen LogP contribution is -2.35. The number of carbonyl (C=O) groups excluding carboxylic acids is 1. The van der Waals surface area contributed by atoms with Crippen molar-refractivity contribution >= 4 is 17.0 Å². The molecule has 0 spiro atoms. The van der Waals surface area contributed by atoms with Crippen molar-refractivity contribution in [1.82, 2.24) is 15.4 Å². The van der Waals surface area contributed by atoms with Gasteiger partial charge in [-0.3, -0.25) is 0 Å². The van der Waals surface area contributed by atoms with Gasteiger partial charge in [0.2, 0.25) is 0 Å². The fourth-order valence-corrected chi connectivity index (χ4v) is 1.88. The molecule has 2 heterocycles. The Balaban J connectivity index is 1.61. The van der Waals surface area contributed by atoms with Crippen LogP contribution >= 0.6 is 0 Å². The molecule has 1 N–H and O–H groups in total. The molecule has 100 valence electrons. The highest BCUT2D eigenvalue weighted by atomic mass is 16.5. The summed E-state index contributed by atoms with van der Waals surface area (Å²) in [5.41, 5.74) is 1.85. The fraction of sp³-hybridized carbons (Fsp3) is 0.143. The summed E-state index contributed by atoms with van der Waals surface area (Å²) in [6.45, 7) is 0.948. The minimum absolute atomic E-state index is 0.324. The number of aromatic amines is 1. The number of hydrogen-bond acceptors (Lipinski definition) is 4. The third-order valence-corrected chi connectivity index (χ3v) is 2.91. The molecule has 0 amide bonds. The third kappa shape index (κ3) is 2.64. The smallest absolute Gasteiger partial charge is 0.338 e. The van der Waals surface area contributed by atoms with Gasteiger partial charge in [0.15, 0.2) is 25.5 Å². The maximum absolute atomic E-state index is 11.9. The first-order chi connectivity index (χ1) is 9.83. The predicted molar refractivity (Wildman–Crippen MR) is 70.8 cm³/mol. The van der Waals surface area contributed by atoms with Crippen molar-refractivity contribution in [1.29, 1.82) is 0 Å². The van der Waals surface area contributed by atoms with Gasteiger partial charge in [0, 0.05) is 12.1 Å². The van der Waals surface area contributed by atoms with E-state index in [1.807, 2.05) is 35.2 Å². The highest BCUT2D eigenvalue weighted by Gasteiger charge is 2.10. The van der Waals surface area contributed by atoms with Gasteiger partial charge >= 0.3 is 5.97 Å². The average Bonchev–Trinajstić information content (AvgIpc) is 2.95. The highest BCUT2D eigenvalue weighted by molar-refractivity contribution is 5.93. The summed E-state index contributed by atoms with van der Waals surface area (Å²) in [4.78, 5) is 11.9. The number of nitrogens with one attached hydrogen (secondary N) is 1. The van der Waals surface area contributed by atoms with Crippen molar-refractivity contribution in [3.05, 3.63) is 54.4 Å². The predicted octanol–water partition coefficient (Wildman–Crippen LogP) is 1.10. The molecule has 2 aromatic heterocycles. The lowest BCUT2D eigenvalue weighted by molar-refractivity contribution is -0.697. The second-order valence-electron chi connectivity index (χ2n) is 4.28. The summed E-state index contributed by atoms with van der Waals surface area (Å²) in [7, 11) is 0. The Kier molecular flexibility index (Phi) is 3.36. The summed E-state index contributed by atoms with van der Waals surface area (Å²) >= 11 is 0. The first kappa shape index (κ1) is 12.3. The van der Waals surface area contributed by atoms with Gasteiger partial charge in [-0.25, -0.2) is 9.36 Å². The monoisotopic (exact) mass is 269 g/mol. The van der Waals surface area contributed by atoms with Crippen LogP contribution in [0.25, 0.3) is 11.0 Å². The number of aromatic nitrogens is 4. The van der Waals surface area contributed by atoms with Gasteiger partial charge in [-0.2, -0.15) is 15.4 Å². The fourth-order valence-electron chi connectivity index (χ4n) is 1.88. The number of esters is 1. The molecular weight excluding hydrogens is 256 g/mol. The normalized spacial score (nSPS) is 10.6. The molecule has 0 aliphatic heterocycles. The molecule has 0 saturated heterocycles. The maximum atomic E-state index is 11.9. The molecule has 0 radical (unpaired) electrons. The zero-order chi connectivity index (χ0) is 13.8. The van der Waals surface area contributed by atoms with E-state index >= 15 is 0 Å². The SMILES string of the molecule is O=C(OCC[n+]1ccccc1)c1ccc2n[nH]nc2c1. The molecular formula is C14H13N4O2+. The van der Waals surface area contributed by atoms with Gasteiger partial charge in [0.1, 0.15) is 11.0 Å². The second-order valence-corrected chi connectivity index (χ2v) is 4.28. The number of carbonyl (C=O) groups is 1. The Morgan fingerprint density at radius 3 is 2.80 bits per heavy atom. The molecule has 0 atom stereocenters. The van der Waals surface area contributed by atoms with Gasteiger partial charge in [-0.15, -0.1) is 0 Å². The largest absolute Gasteiger partial charge is 0.455 e. The minimum atomic E-state index is -0.355. The van der Waals surface area contributed by atoms with Crippen LogP contribution in [0.4, 0.5) is 0 Å². The van der Waals surface area contributed by atoms with Crippen LogP contribution in [0.15, 0.2) is 48.8 Å². The second kappa shape index (κ2) is 5.48. The van der Waals surface area contributed by atoms with E-state index in [9.17, 15) is 4.79 Å². The van der Waals surface area contributed by atoms with Crippen molar-refractivity contribution in [3.8, 4) is 0 Å². The topological polar surface area (TPSA) is 71.8 Å². The number of benzene rings is 1. The summed E-state index contributed by atoms with van der Waals surface area (Å²) in [5, 5.41) is 10.4. The van der Waals surface area contributed by atoms with Crippen molar-refractivity contribution < 1.29 is 14.1 Å². The van der Waals surface area contributed by atoms with Crippen LogP contribution in [0.3, 0.4) is 0 Å². The van der Waals surface area contributed by atoms with Crippen molar-refractivity contribution in [2.75, 3.05) is 6.61 Å². The van der Waals surface area contributed by atoms with Gasteiger partial charge in [0.05, 0.1) is 5.56 Å². The van der Waals surface area contributed by atoms with E-state index in [1.54, 1.807) is 18.2 Å². The van der Waals surface area contributed by atoms with Crippen LogP contribution < -0.4 is 4.57 Å². The summed E-state index contributed by atoms with van der Waals surface area (Å²) in [6, 6.07) is 10.9. The number of rotatable bonds is 4. The molecule has 3 aromatic rings. The van der Waals surface area contributed by atoms with Gasteiger partial charge in [-0.05, 0) is 18.2 Å². The van der Waals surface area contributed by atoms with Crippen LogP contribution in [0, 0.1) is 0 Å². The van der Waals surface area contributed by atoms with Crippen LogP contribution in [-0.2, 0) is 11.3 Å². The van der Waals surface area contributed by atoms with E-state index in [-0.39, 0.29) is 5.97 Å².